The maximum atomic E-state index is 11.7. The molecule has 6 heteroatoms. The number of ketones is 1. The number of aryl methyl sites for hydroxylation is 1. The Kier molecular flexibility index (Phi) is 5.85. The Labute approximate surface area is 111 Å². The first-order valence-electron chi connectivity index (χ1n) is 5.87. The maximum Gasteiger partial charge on any atom is 0.305 e. The predicted octanol–water partition coefficient (Wildman–Crippen LogP) is 2.01. The number of Topliss-reactive ketones (excluding diaryl/α,β-unsaturated/α-hetero) is 1. The third kappa shape index (κ3) is 4.14. The number of aromatic nitrogens is 2. The fourth-order valence-electron chi connectivity index (χ4n) is 1.59. The molecule has 18 heavy (non-hydrogen) atoms. The van der Waals surface area contributed by atoms with Crippen LogP contribution in [-0.2, 0) is 27.3 Å². The standard InChI is InChI=1S/C12H17ClN2O3/c1-3-6-15-11(10(13)8-14-15)7-9(16)4-5-12(17)18-2/h8H,3-7H2,1-2H3. The van der Waals surface area contributed by atoms with Gasteiger partial charge in [-0.1, -0.05) is 18.5 Å². The van der Waals surface area contributed by atoms with E-state index >= 15 is 0 Å². The molecule has 0 amide bonds. The quantitative estimate of drug-likeness (QED) is 0.713. The summed E-state index contributed by atoms with van der Waals surface area (Å²) in [6.07, 6.45) is 2.94. The van der Waals surface area contributed by atoms with Crippen LogP contribution in [-0.4, -0.2) is 28.6 Å². The summed E-state index contributed by atoms with van der Waals surface area (Å²) in [5, 5.41) is 4.61. The van der Waals surface area contributed by atoms with Gasteiger partial charge in [0.15, 0.2) is 0 Å². The van der Waals surface area contributed by atoms with E-state index in [2.05, 4.69) is 9.84 Å². The average molecular weight is 273 g/mol. The second-order valence-electron chi connectivity index (χ2n) is 3.95. The van der Waals surface area contributed by atoms with Crippen molar-refractivity contribution >= 4 is 23.4 Å². The predicted molar refractivity (Wildman–Crippen MR) is 67.5 cm³/mol. The Balaban J connectivity index is 2.58. The molecule has 100 valence electrons. The smallest absolute Gasteiger partial charge is 0.305 e. The van der Waals surface area contributed by atoms with Gasteiger partial charge in [-0.25, -0.2) is 0 Å². The van der Waals surface area contributed by atoms with Crippen molar-refractivity contribution in [2.75, 3.05) is 7.11 Å². The molecule has 0 aliphatic carbocycles. The molecule has 0 fully saturated rings. The number of hydrogen-bond acceptors (Lipinski definition) is 4. The van der Waals surface area contributed by atoms with E-state index in [-0.39, 0.29) is 31.0 Å². The molecule has 0 N–H and O–H groups in total. The van der Waals surface area contributed by atoms with E-state index in [9.17, 15) is 9.59 Å². The molecule has 0 bridgehead atoms. The number of carbonyl (C=O) groups excluding carboxylic acids is 2. The minimum Gasteiger partial charge on any atom is -0.469 e. The fourth-order valence-corrected chi connectivity index (χ4v) is 1.79. The molecule has 0 saturated heterocycles. The minimum absolute atomic E-state index is 0.0415. The van der Waals surface area contributed by atoms with Crippen molar-refractivity contribution in [1.82, 2.24) is 9.78 Å². The molecule has 1 aromatic rings. The van der Waals surface area contributed by atoms with Crippen molar-refractivity contribution in [3.8, 4) is 0 Å². The highest BCUT2D eigenvalue weighted by Crippen LogP contribution is 2.17. The fraction of sp³-hybridized carbons (Fsp3) is 0.583. The van der Waals surface area contributed by atoms with Gasteiger partial charge in [-0.2, -0.15) is 5.10 Å². The normalized spacial score (nSPS) is 10.4. The molecule has 5 nitrogen and oxygen atoms in total. The molecule has 0 saturated carbocycles. The van der Waals surface area contributed by atoms with Gasteiger partial charge >= 0.3 is 5.97 Å². The summed E-state index contributed by atoms with van der Waals surface area (Å²) in [7, 11) is 1.31. The van der Waals surface area contributed by atoms with Crippen LogP contribution in [0.1, 0.15) is 31.9 Å². The van der Waals surface area contributed by atoms with Gasteiger partial charge in [-0.05, 0) is 6.42 Å². The van der Waals surface area contributed by atoms with Gasteiger partial charge in [0.05, 0.1) is 30.4 Å². The summed E-state index contributed by atoms with van der Waals surface area (Å²) in [5.41, 5.74) is 0.716. The largest absolute Gasteiger partial charge is 0.469 e. The monoisotopic (exact) mass is 272 g/mol. The zero-order valence-electron chi connectivity index (χ0n) is 10.6. The number of methoxy groups -OCH3 is 1. The van der Waals surface area contributed by atoms with Crippen molar-refractivity contribution in [3.63, 3.8) is 0 Å². The van der Waals surface area contributed by atoms with Crippen molar-refractivity contribution < 1.29 is 14.3 Å². The average Bonchev–Trinajstić information content (AvgIpc) is 2.69. The van der Waals surface area contributed by atoms with Gasteiger partial charge in [0.1, 0.15) is 5.78 Å². The molecule has 0 unspecified atom stereocenters. The second-order valence-corrected chi connectivity index (χ2v) is 4.36. The van der Waals surface area contributed by atoms with Crippen molar-refractivity contribution in [2.45, 2.75) is 39.2 Å². The summed E-state index contributed by atoms with van der Waals surface area (Å²) in [6, 6.07) is 0. The highest BCUT2D eigenvalue weighted by atomic mass is 35.5. The van der Waals surface area contributed by atoms with E-state index in [4.69, 9.17) is 11.6 Å². The maximum absolute atomic E-state index is 11.7. The molecular weight excluding hydrogens is 256 g/mol. The number of hydrogen-bond donors (Lipinski definition) is 0. The van der Waals surface area contributed by atoms with Gasteiger partial charge in [-0.15, -0.1) is 0 Å². The topological polar surface area (TPSA) is 61.2 Å². The van der Waals surface area contributed by atoms with Gasteiger partial charge in [0, 0.05) is 19.4 Å². The molecule has 1 aromatic heterocycles. The zero-order valence-corrected chi connectivity index (χ0v) is 11.4. The molecule has 0 atom stereocenters. The summed E-state index contributed by atoms with van der Waals surface area (Å²) >= 11 is 5.99. The Morgan fingerprint density at radius 1 is 1.44 bits per heavy atom. The summed E-state index contributed by atoms with van der Waals surface area (Å²) in [5.74, 6) is -0.420. The van der Waals surface area contributed by atoms with E-state index in [1.165, 1.54) is 7.11 Å². The summed E-state index contributed by atoms with van der Waals surface area (Å²) < 4.78 is 6.22. The molecule has 0 aliphatic heterocycles. The molecule has 1 rings (SSSR count). The van der Waals surface area contributed by atoms with Crippen LogP contribution in [0.2, 0.25) is 5.02 Å². The van der Waals surface area contributed by atoms with Gasteiger partial charge in [0.25, 0.3) is 0 Å². The highest BCUT2D eigenvalue weighted by molar-refractivity contribution is 6.31. The van der Waals surface area contributed by atoms with Gasteiger partial charge in [-0.3, -0.25) is 14.3 Å². The Morgan fingerprint density at radius 2 is 2.17 bits per heavy atom. The Morgan fingerprint density at radius 3 is 2.78 bits per heavy atom. The third-order valence-corrected chi connectivity index (χ3v) is 2.85. The third-order valence-electron chi connectivity index (χ3n) is 2.53. The van der Waals surface area contributed by atoms with Gasteiger partial charge < -0.3 is 4.74 Å². The zero-order chi connectivity index (χ0) is 13.5. The van der Waals surface area contributed by atoms with Crippen LogP contribution in [0, 0.1) is 0 Å². The van der Waals surface area contributed by atoms with Crippen molar-refractivity contribution in [1.29, 1.82) is 0 Å². The van der Waals surface area contributed by atoms with Crippen LogP contribution in [0.5, 0.6) is 0 Å². The SMILES string of the molecule is CCCn1ncc(Cl)c1CC(=O)CCC(=O)OC. The highest BCUT2D eigenvalue weighted by Gasteiger charge is 2.14. The summed E-state index contributed by atoms with van der Waals surface area (Å²) in [6.45, 7) is 2.75. The van der Waals surface area contributed by atoms with E-state index < -0.39 is 0 Å². The lowest BCUT2D eigenvalue weighted by Crippen LogP contribution is -2.12. The molecule has 1 heterocycles. The second kappa shape index (κ2) is 7.16. The number of carbonyl (C=O) groups is 2. The molecule has 0 radical (unpaired) electrons. The van der Waals surface area contributed by atoms with Crippen molar-refractivity contribution in [2.24, 2.45) is 0 Å². The van der Waals surface area contributed by atoms with Crippen molar-refractivity contribution in [3.05, 3.63) is 16.9 Å². The van der Waals surface area contributed by atoms with Crippen LogP contribution in [0.3, 0.4) is 0 Å². The van der Waals surface area contributed by atoms with E-state index in [1.54, 1.807) is 10.9 Å². The number of rotatable bonds is 7. The number of ether oxygens (including phenoxy) is 1. The number of esters is 1. The molecular formula is C12H17ClN2O3. The Bertz CT molecular complexity index is 429. The first-order valence-corrected chi connectivity index (χ1v) is 6.25. The van der Waals surface area contributed by atoms with Crippen LogP contribution in [0.25, 0.3) is 0 Å². The van der Waals surface area contributed by atoms with E-state index in [0.717, 1.165) is 13.0 Å². The lowest BCUT2D eigenvalue weighted by atomic mass is 10.1. The van der Waals surface area contributed by atoms with Gasteiger partial charge in [0.2, 0.25) is 0 Å². The number of halogens is 1. The van der Waals surface area contributed by atoms with E-state index in [0.29, 0.717) is 10.7 Å². The summed E-state index contributed by atoms with van der Waals surface area (Å²) in [4.78, 5) is 22.7. The Hall–Kier alpha value is -1.36. The molecule has 0 aliphatic rings. The van der Waals surface area contributed by atoms with E-state index in [1.807, 2.05) is 6.92 Å². The number of nitrogens with zero attached hydrogens (tertiary/aromatic N) is 2. The van der Waals surface area contributed by atoms with Crippen LogP contribution in [0.4, 0.5) is 0 Å². The first kappa shape index (κ1) is 14.7. The van der Waals surface area contributed by atoms with Crippen LogP contribution in [0.15, 0.2) is 6.20 Å². The minimum atomic E-state index is -0.378. The van der Waals surface area contributed by atoms with Crippen LogP contribution < -0.4 is 0 Å². The lowest BCUT2D eigenvalue weighted by Gasteiger charge is -2.06. The molecule has 0 aromatic carbocycles. The lowest BCUT2D eigenvalue weighted by molar-refractivity contribution is -0.141. The molecule has 0 spiro atoms. The first-order chi connectivity index (χ1) is 8.58. The van der Waals surface area contributed by atoms with Crippen LogP contribution >= 0.6 is 11.6 Å².